The average molecular weight is 795 g/mol. The van der Waals surface area contributed by atoms with Crippen LogP contribution in [-0.4, -0.2) is 21.0 Å². The normalized spacial score (nSPS) is 15.0. The third-order valence-corrected chi connectivity index (χ3v) is 12.3. The van der Waals surface area contributed by atoms with Crippen LogP contribution in [0.15, 0.2) is 217 Å². The summed E-state index contributed by atoms with van der Waals surface area (Å²) in [5, 5.41) is 1.03. The maximum atomic E-state index is 6.75. The van der Waals surface area contributed by atoms with E-state index in [0.29, 0.717) is 17.5 Å². The van der Waals surface area contributed by atoms with Gasteiger partial charge in [-0.15, -0.1) is 0 Å². The van der Waals surface area contributed by atoms with Crippen LogP contribution in [0.1, 0.15) is 22.8 Å². The number of rotatable bonds is 7. The quantitative estimate of drug-likeness (QED) is 0.161. The van der Waals surface area contributed by atoms with Crippen LogP contribution >= 0.6 is 0 Å². The number of hydrogen-bond donors (Lipinski definition) is 0. The summed E-state index contributed by atoms with van der Waals surface area (Å²) >= 11 is 0. The molecule has 0 N–H and O–H groups in total. The van der Waals surface area contributed by atoms with Gasteiger partial charge in [0.05, 0.1) is 6.04 Å². The molecule has 0 saturated carbocycles. The van der Waals surface area contributed by atoms with Crippen LogP contribution in [0, 0.1) is 0 Å². The van der Waals surface area contributed by atoms with Gasteiger partial charge in [-0.25, -0.2) is 15.0 Å². The summed E-state index contributed by atoms with van der Waals surface area (Å²) in [6.45, 7) is 0. The first kappa shape index (κ1) is 35.8. The lowest BCUT2D eigenvalue weighted by atomic mass is 9.81. The molecule has 62 heavy (non-hydrogen) atoms. The van der Waals surface area contributed by atoms with Gasteiger partial charge in [0.1, 0.15) is 11.3 Å². The van der Waals surface area contributed by atoms with E-state index in [1.165, 1.54) is 22.4 Å². The molecule has 1 aliphatic heterocycles. The third kappa shape index (κ3) is 6.13. The van der Waals surface area contributed by atoms with E-state index in [2.05, 4.69) is 205 Å². The molecule has 0 saturated heterocycles. The average Bonchev–Trinajstić information content (AvgIpc) is 3.91. The van der Waals surface area contributed by atoms with Crippen LogP contribution in [0.25, 0.3) is 84.6 Å². The minimum atomic E-state index is 0.0132. The standard InChI is InChI=1S/C57H38N4O/c1-4-13-37(14-5-1)40-23-27-43(28-24-40)55-58-56(44-29-25-41(26-30-44)38-15-6-2-7-16-38)60-57(59-55)47-20-12-22-50-53(47)54-51(62-50)36-35-49-52(54)46-19-10-11-21-48(46)61(49)45-33-31-42(32-34-45)39-17-8-3-9-18-39/h1-36,49,52H. The lowest BCUT2D eigenvalue weighted by Gasteiger charge is -2.30. The highest BCUT2D eigenvalue weighted by molar-refractivity contribution is 5.99. The topological polar surface area (TPSA) is 55.1 Å². The van der Waals surface area contributed by atoms with E-state index in [1.54, 1.807) is 0 Å². The predicted molar refractivity (Wildman–Crippen MR) is 252 cm³/mol. The maximum absolute atomic E-state index is 6.75. The van der Waals surface area contributed by atoms with Crippen LogP contribution in [0.5, 0.6) is 0 Å². The highest BCUT2D eigenvalue weighted by atomic mass is 16.3. The van der Waals surface area contributed by atoms with E-state index in [-0.39, 0.29) is 12.0 Å². The smallest absolute Gasteiger partial charge is 0.164 e. The van der Waals surface area contributed by atoms with Gasteiger partial charge in [-0.2, -0.15) is 0 Å². The first-order valence-electron chi connectivity index (χ1n) is 21.1. The molecule has 2 aliphatic rings. The second kappa shape index (κ2) is 14.8. The zero-order valence-corrected chi connectivity index (χ0v) is 33.6. The summed E-state index contributed by atoms with van der Waals surface area (Å²) in [5.74, 6) is 2.70. The first-order chi connectivity index (χ1) is 30.7. The summed E-state index contributed by atoms with van der Waals surface area (Å²) in [7, 11) is 0. The molecule has 0 radical (unpaired) electrons. The van der Waals surface area contributed by atoms with Crippen molar-refractivity contribution in [1.29, 1.82) is 0 Å². The largest absolute Gasteiger partial charge is 0.456 e. The van der Waals surface area contributed by atoms with Crippen LogP contribution in [0.4, 0.5) is 11.4 Å². The van der Waals surface area contributed by atoms with Gasteiger partial charge in [0.2, 0.25) is 0 Å². The fraction of sp³-hybridized carbons (Fsp3) is 0.0351. The van der Waals surface area contributed by atoms with Crippen molar-refractivity contribution in [3.05, 3.63) is 229 Å². The highest BCUT2D eigenvalue weighted by Crippen LogP contribution is 2.54. The van der Waals surface area contributed by atoms with Gasteiger partial charge in [-0.05, 0) is 69.3 Å². The van der Waals surface area contributed by atoms with Crippen LogP contribution in [0.2, 0.25) is 0 Å². The van der Waals surface area contributed by atoms with Crippen molar-refractivity contribution in [2.24, 2.45) is 0 Å². The van der Waals surface area contributed by atoms with Crippen LogP contribution in [-0.2, 0) is 0 Å². The number of fused-ring (bicyclic) bond motifs is 7. The molecule has 12 rings (SSSR count). The van der Waals surface area contributed by atoms with Gasteiger partial charge >= 0.3 is 0 Å². The number of furan rings is 1. The lowest BCUT2D eigenvalue weighted by molar-refractivity contribution is 0.584. The second-order valence-electron chi connectivity index (χ2n) is 15.9. The second-order valence-corrected chi connectivity index (χ2v) is 15.9. The predicted octanol–water partition coefficient (Wildman–Crippen LogP) is 14.3. The van der Waals surface area contributed by atoms with Crippen molar-refractivity contribution in [2.75, 3.05) is 4.90 Å². The Morgan fingerprint density at radius 1 is 0.403 bits per heavy atom. The van der Waals surface area contributed by atoms with Crippen molar-refractivity contribution in [3.8, 4) is 67.5 Å². The monoisotopic (exact) mass is 794 g/mol. The first-order valence-corrected chi connectivity index (χ1v) is 21.1. The Hall–Kier alpha value is -8.15. The van der Waals surface area contributed by atoms with Gasteiger partial charge in [-0.3, -0.25) is 0 Å². The number of nitrogens with zero attached hydrogens (tertiary/aromatic N) is 4. The van der Waals surface area contributed by atoms with Crippen LogP contribution in [0.3, 0.4) is 0 Å². The molecule has 2 atom stereocenters. The molecule has 3 heterocycles. The van der Waals surface area contributed by atoms with Gasteiger partial charge < -0.3 is 9.32 Å². The molecule has 0 fully saturated rings. The SMILES string of the molecule is C1=CC2C(c3ccccc3N2c2ccc(-c3ccccc3)cc2)c2c1oc1cccc(-c3nc(-c4ccc(-c5ccccc5)cc4)nc(-c4ccc(-c5ccccc5)cc4)n3)c21. The van der Waals surface area contributed by atoms with E-state index < -0.39 is 0 Å². The summed E-state index contributed by atoms with van der Waals surface area (Å²) < 4.78 is 6.75. The van der Waals surface area contributed by atoms with Crippen molar-refractivity contribution >= 4 is 28.4 Å². The Bertz CT molecular complexity index is 3170. The minimum Gasteiger partial charge on any atom is -0.456 e. The summed E-state index contributed by atoms with van der Waals surface area (Å²) in [6.07, 6.45) is 4.46. The third-order valence-electron chi connectivity index (χ3n) is 12.3. The Morgan fingerprint density at radius 2 is 0.871 bits per heavy atom. The highest BCUT2D eigenvalue weighted by Gasteiger charge is 2.43. The molecule has 0 amide bonds. The van der Waals surface area contributed by atoms with E-state index in [9.17, 15) is 0 Å². The van der Waals surface area contributed by atoms with Crippen molar-refractivity contribution in [1.82, 2.24) is 15.0 Å². The molecule has 2 unspecified atom stereocenters. The molecule has 1 aliphatic carbocycles. The van der Waals surface area contributed by atoms with Crippen molar-refractivity contribution in [3.63, 3.8) is 0 Å². The zero-order chi connectivity index (χ0) is 41.0. The molecule has 0 spiro atoms. The maximum Gasteiger partial charge on any atom is 0.164 e. The minimum absolute atomic E-state index is 0.0132. The van der Waals surface area contributed by atoms with Gasteiger partial charge in [0, 0.05) is 44.9 Å². The van der Waals surface area contributed by atoms with Gasteiger partial charge in [0.15, 0.2) is 17.5 Å². The van der Waals surface area contributed by atoms with Crippen molar-refractivity contribution < 1.29 is 4.42 Å². The number of aromatic nitrogens is 3. The molecule has 292 valence electrons. The van der Waals surface area contributed by atoms with Crippen LogP contribution < -0.4 is 4.90 Å². The lowest BCUT2D eigenvalue weighted by Crippen LogP contribution is -2.30. The Labute approximate surface area is 360 Å². The fourth-order valence-corrected chi connectivity index (χ4v) is 9.38. The van der Waals surface area contributed by atoms with E-state index in [0.717, 1.165) is 66.9 Å². The Morgan fingerprint density at radius 3 is 1.44 bits per heavy atom. The van der Waals surface area contributed by atoms with E-state index in [1.807, 2.05) is 18.2 Å². The number of para-hydroxylation sites is 1. The van der Waals surface area contributed by atoms with Crippen molar-refractivity contribution in [2.45, 2.75) is 12.0 Å². The molecule has 2 aromatic heterocycles. The number of hydrogen-bond acceptors (Lipinski definition) is 5. The summed E-state index contributed by atoms with van der Waals surface area (Å²) in [4.78, 5) is 18.2. The molecule has 5 heteroatoms. The fourth-order valence-electron chi connectivity index (χ4n) is 9.38. The van der Waals surface area contributed by atoms with E-state index >= 15 is 0 Å². The molecular formula is C57H38N4O. The van der Waals surface area contributed by atoms with Gasteiger partial charge in [0.25, 0.3) is 0 Å². The summed E-state index contributed by atoms with van der Waals surface area (Å²) in [6, 6.07) is 72.4. The number of anilines is 2. The van der Waals surface area contributed by atoms with E-state index in [4.69, 9.17) is 19.4 Å². The molecule has 5 nitrogen and oxygen atoms in total. The molecule has 10 aromatic rings. The molecule has 0 bridgehead atoms. The molecular weight excluding hydrogens is 757 g/mol. The Kier molecular flexibility index (Phi) is 8.56. The van der Waals surface area contributed by atoms with Gasteiger partial charge in [-0.1, -0.05) is 188 Å². The summed E-state index contributed by atoms with van der Waals surface area (Å²) in [5.41, 5.74) is 15.3. The zero-order valence-electron chi connectivity index (χ0n) is 33.6. The molecule has 8 aromatic carbocycles. The Balaban J connectivity index is 0.994. The number of benzene rings is 8.